The molecule has 4 nitrogen and oxygen atoms in total. The largest absolute Gasteiger partial charge is 0.347 e. The maximum Gasteiger partial charge on any atom is 0.347 e. The molecule has 1 aromatic heterocycles. The molecule has 1 atom stereocenters. The van der Waals surface area contributed by atoms with Gasteiger partial charge in [-0.25, -0.2) is 9.78 Å². The van der Waals surface area contributed by atoms with Crippen LogP contribution in [0.2, 0.25) is 0 Å². The Labute approximate surface area is 103 Å². The molecule has 17 heavy (non-hydrogen) atoms. The Morgan fingerprint density at radius 2 is 2.12 bits per heavy atom. The van der Waals surface area contributed by atoms with Crippen LogP contribution in [0.25, 0.3) is 0 Å². The average Bonchev–Trinajstić information content (AvgIpc) is 2.20. The first-order chi connectivity index (χ1) is 7.78. The van der Waals surface area contributed by atoms with Crippen LogP contribution in [0, 0.1) is 12.8 Å². The fourth-order valence-corrected chi connectivity index (χ4v) is 1.58. The van der Waals surface area contributed by atoms with E-state index in [2.05, 4.69) is 38.0 Å². The van der Waals surface area contributed by atoms with E-state index in [4.69, 9.17) is 0 Å². The maximum absolute atomic E-state index is 11.5. The molecule has 0 aliphatic carbocycles. The lowest BCUT2D eigenvalue weighted by molar-refractivity contribution is 0.356. The number of aryl methyl sites for hydroxylation is 1. The second-order valence-corrected chi connectivity index (χ2v) is 5.80. The molecule has 1 aromatic rings. The van der Waals surface area contributed by atoms with Gasteiger partial charge in [0, 0.05) is 24.5 Å². The number of hydrogen-bond acceptors (Lipinski definition) is 3. The topological polar surface area (TPSA) is 46.9 Å². The zero-order chi connectivity index (χ0) is 13.1. The van der Waals surface area contributed by atoms with Gasteiger partial charge < -0.3 is 5.32 Å². The van der Waals surface area contributed by atoms with E-state index in [-0.39, 0.29) is 11.2 Å². The van der Waals surface area contributed by atoms with E-state index in [1.54, 1.807) is 10.8 Å². The van der Waals surface area contributed by atoms with E-state index >= 15 is 0 Å². The summed E-state index contributed by atoms with van der Waals surface area (Å²) in [6.07, 6.45) is 3.47. The van der Waals surface area contributed by atoms with Crippen LogP contribution < -0.4 is 11.0 Å². The highest BCUT2D eigenvalue weighted by molar-refractivity contribution is 4.99. The Morgan fingerprint density at radius 3 is 2.71 bits per heavy atom. The minimum absolute atomic E-state index is 0.115. The van der Waals surface area contributed by atoms with E-state index in [9.17, 15) is 4.79 Å². The van der Waals surface area contributed by atoms with Crippen molar-refractivity contribution in [2.75, 3.05) is 6.54 Å². The summed E-state index contributed by atoms with van der Waals surface area (Å²) in [4.78, 5) is 15.4. The van der Waals surface area contributed by atoms with Crippen molar-refractivity contribution in [1.29, 1.82) is 0 Å². The quantitative estimate of drug-likeness (QED) is 0.864. The van der Waals surface area contributed by atoms with Crippen LogP contribution >= 0.6 is 0 Å². The first-order valence-corrected chi connectivity index (χ1v) is 6.06. The zero-order valence-corrected chi connectivity index (χ0v) is 11.4. The minimum atomic E-state index is -0.168. The van der Waals surface area contributed by atoms with Gasteiger partial charge in [-0.2, -0.15) is 0 Å². The Balaban J connectivity index is 2.59. The van der Waals surface area contributed by atoms with E-state index in [0.717, 1.165) is 12.1 Å². The summed E-state index contributed by atoms with van der Waals surface area (Å²) in [6, 6.07) is 0. The van der Waals surface area contributed by atoms with Crippen molar-refractivity contribution in [1.82, 2.24) is 14.9 Å². The van der Waals surface area contributed by atoms with Gasteiger partial charge in [-0.3, -0.25) is 4.57 Å². The maximum atomic E-state index is 11.5. The lowest BCUT2D eigenvalue weighted by atomic mass is 10.1. The molecule has 0 saturated heterocycles. The molecule has 1 N–H and O–H groups in total. The molecule has 1 heterocycles. The Hall–Kier alpha value is -1.16. The molecule has 0 amide bonds. The predicted molar refractivity (Wildman–Crippen MR) is 70.2 cm³/mol. The van der Waals surface area contributed by atoms with E-state index in [1.165, 1.54) is 0 Å². The Kier molecular flexibility index (Phi) is 4.46. The van der Waals surface area contributed by atoms with Gasteiger partial charge in [-0.05, 0) is 45.7 Å². The molecular weight excluding hydrogens is 214 g/mol. The van der Waals surface area contributed by atoms with Crippen LogP contribution in [0.5, 0.6) is 0 Å². The molecule has 0 aromatic carbocycles. The molecule has 0 fully saturated rings. The third-order valence-electron chi connectivity index (χ3n) is 2.47. The van der Waals surface area contributed by atoms with Gasteiger partial charge in [0.1, 0.15) is 0 Å². The first kappa shape index (κ1) is 13.9. The van der Waals surface area contributed by atoms with Crippen molar-refractivity contribution in [3.63, 3.8) is 0 Å². The molecule has 96 valence electrons. The van der Waals surface area contributed by atoms with Crippen LogP contribution in [-0.2, 0) is 6.54 Å². The summed E-state index contributed by atoms with van der Waals surface area (Å²) >= 11 is 0. The average molecular weight is 237 g/mol. The van der Waals surface area contributed by atoms with Crippen LogP contribution in [0.4, 0.5) is 0 Å². The van der Waals surface area contributed by atoms with Crippen molar-refractivity contribution >= 4 is 0 Å². The second kappa shape index (κ2) is 5.45. The van der Waals surface area contributed by atoms with E-state index in [1.807, 2.05) is 13.1 Å². The molecule has 4 heteroatoms. The lowest BCUT2D eigenvalue weighted by Gasteiger charge is -2.23. The summed E-state index contributed by atoms with van der Waals surface area (Å²) in [5.74, 6) is 0.399. The third kappa shape index (κ3) is 5.13. The SMILES string of the molecule is Cc1cnc(=O)n(CC(C)CNC(C)(C)C)c1. The van der Waals surface area contributed by atoms with Gasteiger partial charge in [0.05, 0.1) is 0 Å². The molecule has 0 bridgehead atoms. The monoisotopic (exact) mass is 237 g/mol. The summed E-state index contributed by atoms with van der Waals surface area (Å²) in [6.45, 7) is 12.1. The predicted octanol–water partition coefficient (Wildman–Crippen LogP) is 1.58. The van der Waals surface area contributed by atoms with Crippen LogP contribution in [-0.4, -0.2) is 21.6 Å². The van der Waals surface area contributed by atoms with Crippen LogP contribution in [0.15, 0.2) is 17.2 Å². The van der Waals surface area contributed by atoms with E-state index in [0.29, 0.717) is 12.5 Å². The fourth-order valence-electron chi connectivity index (χ4n) is 1.58. The summed E-state index contributed by atoms with van der Waals surface area (Å²) < 4.78 is 1.68. The van der Waals surface area contributed by atoms with Gasteiger partial charge in [0.15, 0.2) is 0 Å². The normalized spacial score (nSPS) is 13.7. The molecule has 0 aliphatic heterocycles. The molecule has 0 spiro atoms. The standard InChI is InChI=1S/C13H23N3O/c1-10-6-14-12(17)16(8-10)9-11(2)7-15-13(3,4)5/h6,8,11,15H,7,9H2,1-5H3. The van der Waals surface area contributed by atoms with Gasteiger partial charge in [-0.1, -0.05) is 6.92 Å². The Morgan fingerprint density at radius 1 is 1.47 bits per heavy atom. The Bertz CT molecular complexity index is 417. The van der Waals surface area contributed by atoms with Gasteiger partial charge in [0.25, 0.3) is 0 Å². The molecule has 1 rings (SSSR count). The van der Waals surface area contributed by atoms with Crippen molar-refractivity contribution in [3.8, 4) is 0 Å². The molecule has 0 radical (unpaired) electrons. The fraction of sp³-hybridized carbons (Fsp3) is 0.692. The van der Waals surface area contributed by atoms with E-state index < -0.39 is 0 Å². The van der Waals surface area contributed by atoms with Gasteiger partial charge in [0.2, 0.25) is 0 Å². The van der Waals surface area contributed by atoms with Crippen molar-refractivity contribution < 1.29 is 0 Å². The number of hydrogen-bond donors (Lipinski definition) is 1. The van der Waals surface area contributed by atoms with Gasteiger partial charge >= 0.3 is 5.69 Å². The van der Waals surface area contributed by atoms with Crippen molar-refractivity contribution in [3.05, 3.63) is 28.4 Å². The first-order valence-electron chi connectivity index (χ1n) is 6.06. The lowest BCUT2D eigenvalue weighted by Crippen LogP contribution is -2.40. The smallest absolute Gasteiger partial charge is 0.312 e. The third-order valence-corrected chi connectivity index (χ3v) is 2.47. The number of rotatable bonds is 4. The zero-order valence-electron chi connectivity index (χ0n) is 11.4. The number of nitrogens with one attached hydrogen (secondary N) is 1. The second-order valence-electron chi connectivity index (χ2n) is 5.80. The van der Waals surface area contributed by atoms with Crippen LogP contribution in [0.1, 0.15) is 33.3 Å². The van der Waals surface area contributed by atoms with Gasteiger partial charge in [-0.15, -0.1) is 0 Å². The molecule has 0 aliphatic rings. The number of aromatic nitrogens is 2. The highest BCUT2D eigenvalue weighted by Crippen LogP contribution is 2.03. The highest BCUT2D eigenvalue weighted by atomic mass is 16.1. The minimum Gasteiger partial charge on any atom is -0.312 e. The molecular formula is C13H23N3O. The van der Waals surface area contributed by atoms with Crippen LogP contribution in [0.3, 0.4) is 0 Å². The molecule has 1 unspecified atom stereocenters. The number of nitrogens with zero attached hydrogens (tertiary/aromatic N) is 2. The molecule has 0 saturated carbocycles. The summed E-state index contributed by atoms with van der Waals surface area (Å²) in [5, 5.41) is 3.44. The van der Waals surface area contributed by atoms with Crippen molar-refractivity contribution in [2.24, 2.45) is 5.92 Å². The highest BCUT2D eigenvalue weighted by Gasteiger charge is 2.11. The summed E-state index contributed by atoms with van der Waals surface area (Å²) in [5.41, 5.74) is 0.961. The summed E-state index contributed by atoms with van der Waals surface area (Å²) in [7, 11) is 0. The van der Waals surface area contributed by atoms with Crippen molar-refractivity contribution in [2.45, 2.75) is 46.7 Å².